The first-order valence-corrected chi connectivity index (χ1v) is 7.19. The van der Waals surface area contributed by atoms with Gasteiger partial charge in [-0.25, -0.2) is 0 Å². The van der Waals surface area contributed by atoms with Gasteiger partial charge in [0.2, 0.25) is 0 Å². The summed E-state index contributed by atoms with van der Waals surface area (Å²) >= 11 is 3.42. The largest absolute Gasteiger partial charge is 0.387 e. The van der Waals surface area contributed by atoms with Crippen LogP contribution in [0.5, 0.6) is 0 Å². The van der Waals surface area contributed by atoms with Gasteiger partial charge in [-0.3, -0.25) is 0 Å². The molecule has 3 atom stereocenters. The summed E-state index contributed by atoms with van der Waals surface area (Å²) in [5.74, 6) is 0. The SMILES string of the molecule is COC1CCCC1NCC(O)c1cccc(Br)c1. The van der Waals surface area contributed by atoms with E-state index >= 15 is 0 Å². The van der Waals surface area contributed by atoms with E-state index < -0.39 is 6.10 Å². The van der Waals surface area contributed by atoms with Crippen molar-refractivity contribution in [3.8, 4) is 0 Å². The summed E-state index contributed by atoms with van der Waals surface area (Å²) < 4.78 is 6.42. The van der Waals surface area contributed by atoms with Gasteiger partial charge in [0.25, 0.3) is 0 Å². The molecule has 1 aliphatic carbocycles. The number of methoxy groups -OCH3 is 1. The normalized spacial score (nSPS) is 25.3. The third kappa shape index (κ3) is 3.54. The van der Waals surface area contributed by atoms with Crippen LogP contribution in [0.3, 0.4) is 0 Å². The zero-order valence-electron chi connectivity index (χ0n) is 10.6. The predicted molar refractivity (Wildman–Crippen MR) is 75.5 cm³/mol. The first-order valence-electron chi connectivity index (χ1n) is 6.40. The van der Waals surface area contributed by atoms with Gasteiger partial charge < -0.3 is 15.2 Å². The maximum absolute atomic E-state index is 10.1. The molecule has 1 aromatic rings. The Morgan fingerprint density at radius 2 is 2.33 bits per heavy atom. The van der Waals surface area contributed by atoms with E-state index in [4.69, 9.17) is 4.74 Å². The lowest BCUT2D eigenvalue weighted by molar-refractivity contribution is 0.0780. The summed E-state index contributed by atoms with van der Waals surface area (Å²) in [6.45, 7) is 0.570. The van der Waals surface area contributed by atoms with Crippen LogP contribution in [0.25, 0.3) is 0 Å². The minimum Gasteiger partial charge on any atom is -0.387 e. The molecule has 1 aromatic carbocycles. The van der Waals surface area contributed by atoms with Gasteiger partial charge in [0.15, 0.2) is 0 Å². The Kier molecular flexibility index (Phi) is 5.18. The summed E-state index contributed by atoms with van der Waals surface area (Å²) in [6, 6.07) is 8.17. The molecule has 1 saturated carbocycles. The Morgan fingerprint density at radius 1 is 1.50 bits per heavy atom. The summed E-state index contributed by atoms with van der Waals surface area (Å²) in [5, 5.41) is 13.6. The molecule has 0 spiro atoms. The van der Waals surface area contributed by atoms with Crippen molar-refractivity contribution in [3.63, 3.8) is 0 Å². The molecule has 18 heavy (non-hydrogen) atoms. The van der Waals surface area contributed by atoms with E-state index in [1.54, 1.807) is 7.11 Å². The summed E-state index contributed by atoms with van der Waals surface area (Å²) in [6.07, 6.45) is 3.26. The molecule has 0 aromatic heterocycles. The van der Waals surface area contributed by atoms with Crippen LogP contribution in [0.15, 0.2) is 28.7 Å². The van der Waals surface area contributed by atoms with E-state index in [9.17, 15) is 5.11 Å². The van der Waals surface area contributed by atoms with E-state index in [1.807, 2.05) is 24.3 Å². The summed E-state index contributed by atoms with van der Waals surface area (Å²) in [5.41, 5.74) is 0.934. The highest BCUT2D eigenvalue weighted by Gasteiger charge is 2.27. The molecule has 2 N–H and O–H groups in total. The number of benzene rings is 1. The molecular formula is C14H20BrNO2. The predicted octanol–water partition coefficient (Wildman–Crippen LogP) is 2.64. The number of ether oxygens (including phenoxy) is 1. The third-order valence-corrected chi connectivity index (χ3v) is 4.06. The van der Waals surface area contributed by atoms with Crippen molar-refractivity contribution in [3.05, 3.63) is 34.3 Å². The van der Waals surface area contributed by atoms with Crippen LogP contribution < -0.4 is 5.32 Å². The highest BCUT2D eigenvalue weighted by Crippen LogP contribution is 2.23. The van der Waals surface area contributed by atoms with E-state index in [1.165, 1.54) is 6.42 Å². The summed E-state index contributed by atoms with van der Waals surface area (Å²) in [4.78, 5) is 0. The molecule has 0 amide bonds. The second kappa shape index (κ2) is 6.66. The molecular weight excluding hydrogens is 294 g/mol. The van der Waals surface area contributed by atoms with Crippen LogP contribution in [-0.4, -0.2) is 30.9 Å². The van der Waals surface area contributed by atoms with E-state index in [0.29, 0.717) is 18.7 Å². The fraction of sp³-hybridized carbons (Fsp3) is 0.571. The van der Waals surface area contributed by atoms with Crippen molar-refractivity contribution in [2.75, 3.05) is 13.7 Å². The average Bonchev–Trinajstić information content (AvgIpc) is 2.83. The number of rotatable bonds is 5. The van der Waals surface area contributed by atoms with Gasteiger partial charge in [-0.1, -0.05) is 28.1 Å². The minimum atomic E-state index is -0.472. The number of halogens is 1. The number of aliphatic hydroxyl groups is 1. The molecule has 4 heteroatoms. The van der Waals surface area contributed by atoms with Crippen molar-refractivity contribution >= 4 is 15.9 Å². The van der Waals surface area contributed by atoms with Crippen LogP contribution in [-0.2, 0) is 4.74 Å². The van der Waals surface area contributed by atoms with Crippen molar-refractivity contribution in [1.29, 1.82) is 0 Å². The average molecular weight is 314 g/mol. The lowest BCUT2D eigenvalue weighted by Gasteiger charge is -2.21. The van der Waals surface area contributed by atoms with Crippen molar-refractivity contribution in [2.45, 2.75) is 37.5 Å². The van der Waals surface area contributed by atoms with Gasteiger partial charge in [-0.2, -0.15) is 0 Å². The Morgan fingerprint density at radius 3 is 3.06 bits per heavy atom. The topological polar surface area (TPSA) is 41.5 Å². The Labute approximate surface area is 117 Å². The molecule has 0 heterocycles. The van der Waals surface area contributed by atoms with Gasteiger partial charge in [0.1, 0.15) is 0 Å². The van der Waals surface area contributed by atoms with Gasteiger partial charge in [0.05, 0.1) is 12.2 Å². The zero-order valence-corrected chi connectivity index (χ0v) is 12.2. The van der Waals surface area contributed by atoms with E-state index in [0.717, 1.165) is 22.9 Å². The lowest BCUT2D eigenvalue weighted by atomic mass is 10.1. The molecule has 3 unspecified atom stereocenters. The van der Waals surface area contributed by atoms with Crippen LogP contribution >= 0.6 is 15.9 Å². The smallest absolute Gasteiger partial charge is 0.0914 e. The second-order valence-electron chi connectivity index (χ2n) is 4.79. The molecule has 0 saturated heterocycles. The zero-order chi connectivity index (χ0) is 13.0. The molecule has 1 fully saturated rings. The maximum Gasteiger partial charge on any atom is 0.0914 e. The van der Waals surface area contributed by atoms with Gasteiger partial charge >= 0.3 is 0 Å². The third-order valence-electron chi connectivity index (χ3n) is 3.56. The summed E-state index contributed by atoms with van der Waals surface area (Å²) in [7, 11) is 1.76. The van der Waals surface area contributed by atoms with Gasteiger partial charge in [-0.15, -0.1) is 0 Å². The highest BCUT2D eigenvalue weighted by molar-refractivity contribution is 9.10. The van der Waals surface area contributed by atoms with E-state index in [-0.39, 0.29) is 0 Å². The second-order valence-corrected chi connectivity index (χ2v) is 5.71. The number of nitrogens with one attached hydrogen (secondary N) is 1. The van der Waals surface area contributed by atoms with Crippen LogP contribution in [0.2, 0.25) is 0 Å². The Hall–Kier alpha value is -0.420. The molecule has 0 aliphatic heterocycles. The van der Waals surface area contributed by atoms with Crippen LogP contribution in [0.1, 0.15) is 30.9 Å². The molecule has 2 rings (SSSR count). The molecule has 3 nitrogen and oxygen atoms in total. The standard InChI is InChI=1S/C14H20BrNO2/c1-18-14-7-3-6-12(14)16-9-13(17)10-4-2-5-11(15)8-10/h2,4-5,8,12-14,16-17H,3,6-7,9H2,1H3. The van der Waals surface area contributed by atoms with Crippen molar-refractivity contribution in [1.82, 2.24) is 5.32 Å². The fourth-order valence-corrected chi connectivity index (χ4v) is 2.95. The fourth-order valence-electron chi connectivity index (χ4n) is 2.54. The highest BCUT2D eigenvalue weighted by atomic mass is 79.9. The van der Waals surface area contributed by atoms with Crippen LogP contribution in [0.4, 0.5) is 0 Å². The number of hydrogen-bond acceptors (Lipinski definition) is 3. The van der Waals surface area contributed by atoms with Crippen molar-refractivity contribution < 1.29 is 9.84 Å². The van der Waals surface area contributed by atoms with Crippen molar-refractivity contribution in [2.24, 2.45) is 0 Å². The number of hydrogen-bond donors (Lipinski definition) is 2. The Balaban J connectivity index is 1.86. The first kappa shape index (κ1) is 14.0. The lowest BCUT2D eigenvalue weighted by Crippen LogP contribution is -2.39. The monoisotopic (exact) mass is 313 g/mol. The molecule has 1 aliphatic rings. The first-order chi connectivity index (χ1) is 8.70. The molecule has 0 bridgehead atoms. The molecule has 100 valence electrons. The Bertz CT molecular complexity index is 386. The van der Waals surface area contributed by atoms with Gasteiger partial charge in [-0.05, 0) is 37.0 Å². The minimum absolute atomic E-state index is 0.291. The molecule has 0 radical (unpaired) electrons. The van der Waals surface area contributed by atoms with Gasteiger partial charge in [0, 0.05) is 24.2 Å². The maximum atomic E-state index is 10.1. The quantitative estimate of drug-likeness (QED) is 0.878. The number of aliphatic hydroxyl groups excluding tert-OH is 1. The van der Waals surface area contributed by atoms with E-state index in [2.05, 4.69) is 21.2 Å². The van der Waals surface area contributed by atoms with Crippen LogP contribution in [0, 0.1) is 0 Å².